The normalized spacial score (nSPS) is 15.2. The lowest BCUT2D eigenvalue weighted by molar-refractivity contribution is 0.436. The fraction of sp³-hybridized carbons (Fsp3) is 0.0308. The molecule has 4 aliphatic heterocycles. The number of fused-ring (bicyclic) bond motifs is 40. The van der Waals surface area contributed by atoms with Gasteiger partial charge in [0.05, 0.1) is 44.4 Å². The monoisotopic (exact) mass is 1730 g/mol. The van der Waals surface area contributed by atoms with Gasteiger partial charge < -0.3 is 28.7 Å². The van der Waals surface area contributed by atoms with E-state index in [1.807, 2.05) is 0 Å². The fourth-order valence-corrected chi connectivity index (χ4v) is 25.9. The third-order valence-electron chi connectivity index (χ3n) is 31.1. The van der Waals surface area contributed by atoms with Crippen LogP contribution in [0.5, 0.6) is 46.0 Å². The van der Waals surface area contributed by atoms with Gasteiger partial charge in [-0.3, -0.25) is 0 Å². The average Bonchev–Trinajstić information content (AvgIpc) is 1.51. The van der Waals surface area contributed by atoms with Crippen LogP contribution in [-0.4, -0.2) is 0 Å². The molecule has 0 radical (unpaired) electrons. The van der Waals surface area contributed by atoms with E-state index in [-0.39, 0.29) is 0 Å². The maximum atomic E-state index is 7.48. The molecule has 1 atom stereocenters. The van der Waals surface area contributed by atoms with Crippen LogP contribution in [0.1, 0.15) is 89.0 Å². The van der Waals surface area contributed by atoms with Gasteiger partial charge in [0, 0.05) is 78.1 Å². The van der Waals surface area contributed by atoms with Gasteiger partial charge in [0.2, 0.25) is 0 Å². The van der Waals surface area contributed by atoms with Crippen LogP contribution in [0.2, 0.25) is 0 Å². The third-order valence-corrected chi connectivity index (χ3v) is 31.1. The maximum Gasteiger partial charge on any atom is 0.132 e. The lowest BCUT2D eigenvalue weighted by Gasteiger charge is -2.40. The minimum Gasteiger partial charge on any atom is -0.457 e. The van der Waals surface area contributed by atoms with E-state index in [4.69, 9.17) is 18.9 Å². The zero-order valence-electron chi connectivity index (χ0n) is 73.6. The van der Waals surface area contributed by atoms with Gasteiger partial charge in [-0.25, -0.2) is 0 Å². The quantitative estimate of drug-likeness (QED) is 0.141. The summed E-state index contributed by atoms with van der Waals surface area (Å²) in [4.78, 5) is 5.16. The van der Waals surface area contributed by atoms with E-state index in [9.17, 15) is 0 Å². The number of para-hydroxylation sites is 7. The number of ether oxygens (including phenoxy) is 4. The lowest BCUT2D eigenvalue weighted by atomic mass is 9.66. The van der Waals surface area contributed by atoms with Crippen molar-refractivity contribution < 1.29 is 18.9 Å². The van der Waals surface area contributed by atoms with E-state index in [2.05, 4.69) is 483 Å². The molecule has 22 aromatic rings. The summed E-state index contributed by atoms with van der Waals surface area (Å²) in [5.41, 5.74) is 35.7. The van der Waals surface area contributed by atoms with Crippen LogP contribution in [0.4, 0.5) is 34.1 Å². The highest BCUT2D eigenvalue weighted by Gasteiger charge is 2.58. The largest absolute Gasteiger partial charge is 0.457 e. The molecule has 4 spiro atoms. The Morgan fingerprint density at radius 2 is 0.404 bits per heavy atom. The summed E-state index contributed by atoms with van der Waals surface area (Å²) in [7, 11) is 0. The molecule has 0 bridgehead atoms. The molecular weight excluding hydrogens is 1650 g/mol. The first-order valence-corrected chi connectivity index (χ1v) is 47.1. The van der Waals surface area contributed by atoms with Crippen molar-refractivity contribution in [3.8, 4) is 113 Å². The fourth-order valence-electron chi connectivity index (χ4n) is 25.9. The Kier molecular flexibility index (Phi) is 15.5. The molecular formula is C130H78N2O4. The predicted octanol–water partition coefficient (Wildman–Crippen LogP) is 33.3. The van der Waals surface area contributed by atoms with Gasteiger partial charge in [-0.1, -0.05) is 364 Å². The van der Waals surface area contributed by atoms with Crippen molar-refractivity contribution in [1.82, 2.24) is 0 Å². The van der Waals surface area contributed by atoms with Gasteiger partial charge in [-0.2, -0.15) is 0 Å². The number of hydrogen-bond acceptors (Lipinski definition) is 6. The molecule has 22 aromatic carbocycles. The third kappa shape index (κ3) is 9.82. The van der Waals surface area contributed by atoms with Crippen molar-refractivity contribution in [2.24, 2.45) is 0 Å². The molecule has 6 nitrogen and oxygen atoms in total. The van der Waals surface area contributed by atoms with Crippen molar-refractivity contribution in [1.29, 1.82) is 0 Å². The van der Waals surface area contributed by atoms with E-state index in [1.54, 1.807) is 0 Å². The number of anilines is 6. The number of nitrogens with zero attached hydrogens (tertiary/aromatic N) is 2. The Balaban J connectivity index is 0.589. The molecule has 1 unspecified atom stereocenters. The molecule has 0 fully saturated rings. The highest BCUT2D eigenvalue weighted by molar-refractivity contribution is 6.11. The molecule has 4 aliphatic carbocycles. The second kappa shape index (κ2) is 28.0. The number of benzene rings is 22. The molecule has 0 aromatic heterocycles. The zero-order valence-corrected chi connectivity index (χ0v) is 73.6. The van der Waals surface area contributed by atoms with Crippen molar-refractivity contribution in [3.05, 3.63) is 562 Å². The number of rotatable bonds is 8. The van der Waals surface area contributed by atoms with Gasteiger partial charge >= 0.3 is 0 Å². The molecule has 136 heavy (non-hydrogen) atoms. The van der Waals surface area contributed by atoms with Crippen LogP contribution < -0.4 is 28.7 Å². The van der Waals surface area contributed by atoms with E-state index in [1.165, 1.54) is 99.4 Å². The molecule has 0 amide bonds. The Morgan fingerprint density at radius 1 is 0.147 bits per heavy atom. The Labute approximate surface area is 786 Å². The first kappa shape index (κ1) is 75.1. The predicted molar refractivity (Wildman–Crippen MR) is 549 cm³/mol. The maximum absolute atomic E-state index is 7.48. The van der Waals surface area contributed by atoms with Gasteiger partial charge in [-0.15, -0.1) is 0 Å². The molecule has 0 N–H and O–H groups in total. The van der Waals surface area contributed by atoms with Gasteiger partial charge in [-0.05, 0) is 231 Å². The molecule has 6 heteroatoms. The summed E-state index contributed by atoms with van der Waals surface area (Å²) in [6.07, 6.45) is 0. The Hall–Kier alpha value is -17.6. The van der Waals surface area contributed by atoms with Crippen LogP contribution >= 0.6 is 0 Å². The average molecular weight is 1730 g/mol. The van der Waals surface area contributed by atoms with Gasteiger partial charge in [0.15, 0.2) is 0 Å². The van der Waals surface area contributed by atoms with E-state index >= 15 is 0 Å². The summed E-state index contributed by atoms with van der Waals surface area (Å²) in [5.74, 6) is 6.76. The van der Waals surface area contributed by atoms with Crippen molar-refractivity contribution in [2.45, 2.75) is 21.7 Å². The standard InChI is InChI=1S/C130H78N2O4/c1-2-30-89-80(29-1)61-64-86-76-81(68-73-90(86)89)79-65-70-87(71-66-79)131(111-50-25-46-107-123(111)91-31-3-7-35-95(91)127(107)99-39-11-18-54-115(99)133-116-55-19-12-40-100(116)127)112-51-26-49-110-124(112)94-34-6-10-38-98(94)130(110)105-45-17-24-60-121(105)136-122-78-85(69-74-106(122)130)82-62-63-84-77-88(72-67-83(84)75-82)132(113-52-27-47-108-125(113)92-32-4-8-36-96(92)128(108)101-41-13-20-56-117(101)134-118-57-21-14-42-102(118)128)114-53-28-48-109-126(114)93-33-5-9-37-97(93)129(109)103-43-15-22-58-119(103)135-120-59-23-16-44-104(120)129/h1-78H. The zero-order chi connectivity index (χ0) is 88.9. The second-order valence-corrected chi connectivity index (χ2v) is 37.3. The Morgan fingerprint density at radius 3 is 0.816 bits per heavy atom. The topological polar surface area (TPSA) is 43.4 Å². The van der Waals surface area contributed by atoms with Crippen molar-refractivity contribution in [2.75, 3.05) is 9.80 Å². The smallest absolute Gasteiger partial charge is 0.132 e. The van der Waals surface area contributed by atoms with Crippen LogP contribution in [0.25, 0.3) is 99.1 Å². The van der Waals surface area contributed by atoms with E-state index in [0.717, 1.165) is 169 Å². The van der Waals surface area contributed by atoms with Crippen molar-refractivity contribution in [3.63, 3.8) is 0 Å². The first-order valence-electron chi connectivity index (χ1n) is 47.1. The molecule has 0 saturated carbocycles. The van der Waals surface area contributed by atoms with Gasteiger partial charge in [0.1, 0.15) is 46.0 Å². The van der Waals surface area contributed by atoms with Crippen LogP contribution in [-0.2, 0) is 21.7 Å². The van der Waals surface area contributed by atoms with E-state index < -0.39 is 21.7 Å². The Bertz CT molecular complexity index is 8680. The number of hydrogen-bond donors (Lipinski definition) is 0. The minimum atomic E-state index is -0.833. The van der Waals surface area contributed by atoms with Crippen LogP contribution in [0.3, 0.4) is 0 Å². The summed E-state index contributed by atoms with van der Waals surface area (Å²) in [6, 6.07) is 176. The lowest BCUT2D eigenvalue weighted by Crippen LogP contribution is -2.32. The molecule has 8 aliphatic rings. The van der Waals surface area contributed by atoms with E-state index in [0.29, 0.717) is 0 Å². The summed E-state index contributed by atoms with van der Waals surface area (Å²) in [6.45, 7) is 0. The summed E-state index contributed by atoms with van der Waals surface area (Å²) in [5, 5.41) is 7.16. The SMILES string of the molecule is c1ccc2c(c1)Oc1ccccc1C21c2ccccc2-c2c(N(c3ccc4cc(-c5ccc6c(c5)Oc5ccccc5C65c6ccccc6-c6c(N(c7ccc(-c8ccc9c(ccc%10ccccc%109)c8)cc7)c7cccc8c7-c7ccccc7C87c8ccccc8Oc8ccccc87)cccc65)ccc4c3)c3cccc4c3-c3ccccc3C43c4ccccc4Oc4ccccc43)cccc21. The second-order valence-electron chi connectivity index (χ2n) is 37.3. The molecule has 4 heterocycles. The highest BCUT2D eigenvalue weighted by atomic mass is 16.5. The van der Waals surface area contributed by atoms with Crippen LogP contribution in [0, 0.1) is 0 Å². The highest BCUT2D eigenvalue weighted by Crippen LogP contribution is 2.71. The summed E-state index contributed by atoms with van der Waals surface area (Å²) < 4.78 is 28.3. The molecule has 632 valence electrons. The first-order chi connectivity index (χ1) is 67.4. The minimum absolute atomic E-state index is 0.707. The molecule has 30 rings (SSSR count). The molecule has 0 saturated heterocycles. The van der Waals surface area contributed by atoms with Crippen LogP contribution in [0.15, 0.2) is 473 Å². The van der Waals surface area contributed by atoms with Gasteiger partial charge in [0.25, 0.3) is 0 Å². The van der Waals surface area contributed by atoms with Crippen molar-refractivity contribution >= 4 is 66.4 Å². The summed E-state index contributed by atoms with van der Waals surface area (Å²) >= 11 is 0.